The van der Waals surface area contributed by atoms with Crippen molar-refractivity contribution in [2.45, 2.75) is 37.5 Å². The van der Waals surface area contributed by atoms with Gasteiger partial charge in [0.1, 0.15) is 4.90 Å². The Bertz CT molecular complexity index is 836. The molecule has 148 valence electrons. The van der Waals surface area contributed by atoms with Crippen molar-refractivity contribution in [1.82, 2.24) is 4.31 Å². The van der Waals surface area contributed by atoms with Crippen LogP contribution in [0.2, 0.25) is 5.02 Å². The van der Waals surface area contributed by atoms with Gasteiger partial charge < -0.3 is 10.1 Å². The minimum atomic E-state index is -3.72. The van der Waals surface area contributed by atoms with Crippen LogP contribution in [0.4, 0.5) is 5.69 Å². The van der Waals surface area contributed by atoms with Gasteiger partial charge in [-0.05, 0) is 43.4 Å². The monoisotopic (exact) mass is 414 g/mol. The first-order chi connectivity index (χ1) is 12.8. The Balaban J connectivity index is 1.65. The lowest BCUT2D eigenvalue weighted by Crippen LogP contribution is -2.35. The van der Waals surface area contributed by atoms with Gasteiger partial charge in [-0.2, -0.15) is 4.31 Å². The first-order valence-corrected chi connectivity index (χ1v) is 10.9. The van der Waals surface area contributed by atoms with Crippen LogP contribution >= 0.6 is 11.6 Å². The number of hydrogen-bond acceptors (Lipinski definition) is 5. The Morgan fingerprint density at radius 1 is 1.26 bits per heavy atom. The highest BCUT2D eigenvalue weighted by Gasteiger charge is 2.40. The van der Waals surface area contributed by atoms with E-state index in [1.54, 1.807) is 0 Å². The fraction of sp³-hybridized carbons (Fsp3) is 0.556. The molecular weight excluding hydrogens is 392 g/mol. The Hall–Kier alpha value is -1.64. The second-order valence-corrected chi connectivity index (χ2v) is 9.40. The summed E-state index contributed by atoms with van der Waals surface area (Å²) in [5.74, 6) is -0.712. The molecule has 7 nitrogen and oxygen atoms in total. The molecule has 1 aliphatic heterocycles. The summed E-state index contributed by atoms with van der Waals surface area (Å²) < 4.78 is 32.1. The zero-order valence-corrected chi connectivity index (χ0v) is 16.7. The number of halogens is 1. The molecule has 1 aromatic rings. The van der Waals surface area contributed by atoms with Crippen LogP contribution in [0.25, 0.3) is 0 Å². The third-order valence-corrected chi connectivity index (χ3v) is 7.29. The van der Waals surface area contributed by atoms with Crippen LogP contribution < -0.4 is 5.32 Å². The summed E-state index contributed by atoms with van der Waals surface area (Å²) in [6.07, 6.45) is 3.43. The second kappa shape index (κ2) is 8.16. The summed E-state index contributed by atoms with van der Waals surface area (Å²) in [5.41, 5.74) is 0.288. The van der Waals surface area contributed by atoms with Crippen LogP contribution in [0, 0.1) is 11.8 Å². The summed E-state index contributed by atoms with van der Waals surface area (Å²) in [7, 11) is -3.72. The minimum Gasteiger partial charge on any atom is -0.455 e. The molecule has 0 spiro atoms. The summed E-state index contributed by atoms with van der Waals surface area (Å²) in [4.78, 5) is 23.6. The molecule has 0 unspecified atom stereocenters. The van der Waals surface area contributed by atoms with Crippen molar-refractivity contribution in [3.63, 3.8) is 0 Å². The zero-order valence-electron chi connectivity index (χ0n) is 15.1. The van der Waals surface area contributed by atoms with Crippen molar-refractivity contribution in [2.75, 3.05) is 25.0 Å². The van der Waals surface area contributed by atoms with E-state index in [0.717, 1.165) is 25.7 Å². The summed E-state index contributed by atoms with van der Waals surface area (Å²) in [6.45, 7) is 2.47. The first kappa shape index (κ1) is 20.1. The first-order valence-electron chi connectivity index (χ1n) is 9.05. The van der Waals surface area contributed by atoms with Crippen LogP contribution in [0.15, 0.2) is 23.1 Å². The predicted molar refractivity (Wildman–Crippen MR) is 101 cm³/mol. The molecule has 9 heteroatoms. The summed E-state index contributed by atoms with van der Waals surface area (Å²) in [5, 5.41) is 2.66. The highest BCUT2D eigenvalue weighted by atomic mass is 35.5. The molecule has 2 atom stereocenters. The minimum absolute atomic E-state index is 0.0346. The van der Waals surface area contributed by atoms with E-state index < -0.39 is 22.5 Å². The highest BCUT2D eigenvalue weighted by Crippen LogP contribution is 2.38. The van der Waals surface area contributed by atoms with E-state index in [1.807, 2.05) is 6.92 Å². The van der Waals surface area contributed by atoms with E-state index in [1.165, 1.54) is 22.5 Å². The number of sulfonamides is 1. The van der Waals surface area contributed by atoms with Crippen molar-refractivity contribution in [3.05, 3.63) is 23.2 Å². The third-order valence-electron chi connectivity index (χ3n) is 4.91. The van der Waals surface area contributed by atoms with Crippen molar-refractivity contribution in [3.8, 4) is 0 Å². The number of piperidine rings is 1. The number of nitrogens with zero attached hydrogens (tertiary/aromatic N) is 1. The van der Waals surface area contributed by atoms with Crippen LogP contribution in [0.1, 0.15) is 32.6 Å². The van der Waals surface area contributed by atoms with Gasteiger partial charge >= 0.3 is 5.97 Å². The molecule has 1 amide bonds. The molecule has 1 N–H and O–H groups in total. The lowest BCUT2D eigenvalue weighted by atomic mass is 10.2. The molecule has 0 bridgehead atoms. The standard InChI is InChI=1S/C18H23ClN2O5S/c1-12-9-14(12)18(23)26-11-17(22)20-13-5-6-15(19)16(10-13)27(24,25)21-7-3-2-4-8-21/h5-6,10,12,14H,2-4,7-9,11H2,1H3,(H,20,22)/t12-,14+/m0/s1. The van der Waals surface area contributed by atoms with Gasteiger partial charge in [0.15, 0.2) is 6.61 Å². The Morgan fingerprint density at radius 2 is 1.93 bits per heavy atom. The number of amides is 1. The third kappa shape index (κ3) is 4.80. The molecule has 1 heterocycles. The Morgan fingerprint density at radius 3 is 2.56 bits per heavy atom. The van der Waals surface area contributed by atoms with E-state index in [9.17, 15) is 18.0 Å². The maximum absolute atomic E-state index is 12.8. The number of hydrogen-bond donors (Lipinski definition) is 1. The van der Waals surface area contributed by atoms with Gasteiger partial charge in [-0.3, -0.25) is 9.59 Å². The number of ether oxygens (including phenoxy) is 1. The zero-order chi connectivity index (χ0) is 19.6. The Kier molecular flexibility index (Phi) is 6.08. The molecule has 1 aliphatic carbocycles. The number of anilines is 1. The van der Waals surface area contributed by atoms with Crippen molar-refractivity contribution in [1.29, 1.82) is 0 Å². The average molecular weight is 415 g/mol. The molecule has 2 fully saturated rings. The van der Waals surface area contributed by atoms with Gasteiger partial charge in [0, 0.05) is 18.8 Å². The van der Waals surface area contributed by atoms with E-state index in [0.29, 0.717) is 19.0 Å². The largest absolute Gasteiger partial charge is 0.455 e. The lowest BCUT2D eigenvalue weighted by molar-refractivity contribution is -0.148. The van der Waals surface area contributed by atoms with E-state index in [2.05, 4.69) is 5.32 Å². The fourth-order valence-corrected chi connectivity index (χ4v) is 5.13. The Labute approximate surface area is 164 Å². The highest BCUT2D eigenvalue weighted by molar-refractivity contribution is 7.89. The number of carbonyl (C=O) groups is 2. The van der Waals surface area contributed by atoms with Crippen molar-refractivity contribution >= 4 is 39.2 Å². The quantitative estimate of drug-likeness (QED) is 0.722. The number of carbonyl (C=O) groups excluding carboxylic acids is 2. The molecule has 2 aliphatic rings. The van der Waals surface area contributed by atoms with E-state index in [-0.39, 0.29) is 27.5 Å². The lowest BCUT2D eigenvalue weighted by Gasteiger charge is -2.26. The van der Waals surface area contributed by atoms with Crippen LogP contribution in [0.3, 0.4) is 0 Å². The SMILES string of the molecule is C[C@H]1C[C@H]1C(=O)OCC(=O)Nc1ccc(Cl)c(S(=O)(=O)N2CCCCC2)c1. The van der Waals surface area contributed by atoms with Gasteiger partial charge in [-0.25, -0.2) is 8.42 Å². The van der Waals surface area contributed by atoms with Gasteiger partial charge in [0.25, 0.3) is 5.91 Å². The van der Waals surface area contributed by atoms with E-state index >= 15 is 0 Å². The maximum atomic E-state index is 12.8. The van der Waals surface area contributed by atoms with Crippen LogP contribution in [-0.2, 0) is 24.3 Å². The fourth-order valence-electron chi connectivity index (χ4n) is 3.11. The maximum Gasteiger partial charge on any atom is 0.309 e. The molecule has 27 heavy (non-hydrogen) atoms. The molecular formula is C18H23ClN2O5S. The average Bonchev–Trinajstić information content (AvgIpc) is 3.39. The van der Waals surface area contributed by atoms with Crippen molar-refractivity contribution in [2.24, 2.45) is 11.8 Å². The molecule has 1 saturated carbocycles. The summed E-state index contributed by atoms with van der Waals surface area (Å²) >= 11 is 6.11. The topological polar surface area (TPSA) is 92.8 Å². The molecule has 1 aromatic carbocycles. The molecule has 3 rings (SSSR count). The molecule has 0 radical (unpaired) electrons. The number of esters is 1. The molecule has 0 aromatic heterocycles. The van der Waals surface area contributed by atoms with Crippen LogP contribution in [0.5, 0.6) is 0 Å². The van der Waals surface area contributed by atoms with Gasteiger partial charge in [0.05, 0.1) is 10.9 Å². The summed E-state index contributed by atoms with van der Waals surface area (Å²) in [6, 6.07) is 4.29. The van der Waals surface area contributed by atoms with Crippen LogP contribution in [-0.4, -0.2) is 44.3 Å². The van der Waals surface area contributed by atoms with Gasteiger partial charge in [-0.15, -0.1) is 0 Å². The predicted octanol–water partition coefficient (Wildman–Crippen LogP) is 2.65. The normalized spacial score (nSPS) is 22.9. The smallest absolute Gasteiger partial charge is 0.309 e. The number of rotatable bonds is 6. The van der Waals surface area contributed by atoms with Crippen molar-refractivity contribution < 1.29 is 22.7 Å². The number of nitrogens with one attached hydrogen (secondary N) is 1. The second-order valence-electron chi connectivity index (χ2n) is 7.09. The van der Waals surface area contributed by atoms with E-state index in [4.69, 9.17) is 16.3 Å². The number of benzene rings is 1. The van der Waals surface area contributed by atoms with Gasteiger partial charge in [-0.1, -0.05) is 24.9 Å². The van der Waals surface area contributed by atoms with Gasteiger partial charge in [0.2, 0.25) is 10.0 Å². The molecule has 1 saturated heterocycles.